The predicted molar refractivity (Wildman–Crippen MR) is 107 cm³/mol. The summed E-state index contributed by atoms with van der Waals surface area (Å²) in [6.45, 7) is 4.73. The smallest absolute Gasteiger partial charge is 0.418 e. The van der Waals surface area contributed by atoms with Crippen LogP contribution in [0.5, 0.6) is 0 Å². The van der Waals surface area contributed by atoms with E-state index in [-0.39, 0.29) is 5.92 Å². The van der Waals surface area contributed by atoms with Crippen molar-refractivity contribution < 1.29 is 19.2 Å². The highest BCUT2D eigenvalue weighted by atomic mass is 16.6. The van der Waals surface area contributed by atoms with Crippen LogP contribution in [0.3, 0.4) is 0 Å². The van der Waals surface area contributed by atoms with Gasteiger partial charge in [0.2, 0.25) is 12.5 Å². The van der Waals surface area contributed by atoms with Gasteiger partial charge in [0, 0.05) is 16.1 Å². The molecule has 2 atom stereocenters. The fraction of sp³-hybridized carbons (Fsp3) is 0.364. The largest absolute Gasteiger partial charge is 0.430 e. The molecule has 2 unspecified atom stereocenters. The number of amides is 2. The summed E-state index contributed by atoms with van der Waals surface area (Å²) in [7, 11) is 0. The predicted octanol–water partition coefficient (Wildman–Crippen LogP) is 3.85. The Hall–Kier alpha value is -3.22. The van der Waals surface area contributed by atoms with Gasteiger partial charge in [-0.25, -0.2) is 9.69 Å². The van der Waals surface area contributed by atoms with Crippen LogP contribution in [0.25, 0.3) is 0 Å². The zero-order valence-electron chi connectivity index (χ0n) is 16.6. The summed E-state index contributed by atoms with van der Waals surface area (Å²) in [6.07, 6.45) is -0.781. The van der Waals surface area contributed by atoms with Crippen molar-refractivity contribution in [3.63, 3.8) is 0 Å². The van der Waals surface area contributed by atoms with Gasteiger partial charge in [0.15, 0.2) is 5.60 Å². The van der Waals surface area contributed by atoms with E-state index in [9.17, 15) is 19.7 Å². The first-order valence-electron chi connectivity index (χ1n) is 9.58. The van der Waals surface area contributed by atoms with Gasteiger partial charge in [-0.2, -0.15) is 0 Å². The second-order valence-electron chi connectivity index (χ2n) is 7.65. The molecule has 2 amide bonds. The van der Waals surface area contributed by atoms with Gasteiger partial charge in [-0.3, -0.25) is 14.9 Å². The van der Waals surface area contributed by atoms with E-state index in [1.54, 1.807) is 0 Å². The molecule has 152 valence electrons. The minimum Gasteiger partial charge on any atom is -0.430 e. The molecule has 1 aliphatic rings. The second-order valence-corrected chi connectivity index (χ2v) is 7.65. The lowest BCUT2D eigenvalue weighted by molar-refractivity contribution is -0.485. The van der Waals surface area contributed by atoms with E-state index >= 15 is 0 Å². The molecule has 29 heavy (non-hydrogen) atoms. The average Bonchev–Trinajstić information content (AvgIpc) is 3.02. The highest BCUT2D eigenvalue weighted by Gasteiger charge is 2.59. The van der Waals surface area contributed by atoms with Crippen molar-refractivity contribution in [3.05, 3.63) is 81.9 Å². The molecule has 0 N–H and O–H groups in total. The molecule has 0 bridgehead atoms. The Bertz CT molecular complexity index is 858. The lowest BCUT2D eigenvalue weighted by Gasteiger charge is -2.37. The topological polar surface area (TPSA) is 89.8 Å². The number of rotatable bonds is 6. The van der Waals surface area contributed by atoms with Crippen LogP contribution >= 0.6 is 0 Å². The molecule has 1 fully saturated rings. The van der Waals surface area contributed by atoms with Crippen molar-refractivity contribution in [3.8, 4) is 0 Å². The van der Waals surface area contributed by atoms with Crippen molar-refractivity contribution in [1.29, 1.82) is 0 Å². The summed E-state index contributed by atoms with van der Waals surface area (Å²) in [5.74, 6) is -1.70. The molecule has 0 aromatic heterocycles. The van der Waals surface area contributed by atoms with Crippen molar-refractivity contribution in [2.75, 3.05) is 6.54 Å². The Morgan fingerprint density at radius 1 is 1.07 bits per heavy atom. The molecular formula is C22H24N2O5. The van der Waals surface area contributed by atoms with Crippen LogP contribution in [0.15, 0.2) is 60.7 Å². The number of hydrogen-bond donors (Lipinski definition) is 0. The third kappa shape index (κ3) is 3.60. The molecule has 0 radical (unpaired) electrons. The number of hydrogen-bond acceptors (Lipinski definition) is 5. The Morgan fingerprint density at radius 2 is 1.55 bits per heavy atom. The van der Waals surface area contributed by atoms with Gasteiger partial charge >= 0.3 is 6.09 Å². The van der Waals surface area contributed by atoms with Crippen LogP contribution in [0.1, 0.15) is 31.9 Å². The van der Waals surface area contributed by atoms with Crippen LogP contribution in [0.4, 0.5) is 4.79 Å². The Labute approximate surface area is 169 Å². The van der Waals surface area contributed by atoms with E-state index in [4.69, 9.17) is 4.74 Å². The molecule has 0 spiro atoms. The van der Waals surface area contributed by atoms with E-state index in [0.717, 1.165) is 16.0 Å². The van der Waals surface area contributed by atoms with Crippen molar-refractivity contribution in [2.24, 2.45) is 11.8 Å². The summed E-state index contributed by atoms with van der Waals surface area (Å²) < 4.78 is 5.98. The zero-order chi connectivity index (χ0) is 21.2. The van der Waals surface area contributed by atoms with Gasteiger partial charge in [-0.15, -0.1) is 0 Å². The number of imide groups is 1. The van der Waals surface area contributed by atoms with Gasteiger partial charge < -0.3 is 4.74 Å². The number of cyclic esters (lactones) is 1. The Balaban J connectivity index is 2.18. The maximum atomic E-state index is 13.1. The minimum absolute atomic E-state index is 0.159. The third-order valence-electron chi connectivity index (χ3n) is 5.26. The summed E-state index contributed by atoms with van der Waals surface area (Å²) in [5.41, 5.74) is 0.295. The maximum Gasteiger partial charge on any atom is 0.418 e. The first-order valence-corrected chi connectivity index (χ1v) is 9.58. The number of carbonyl (C=O) groups is 2. The molecule has 1 aliphatic heterocycles. The monoisotopic (exact) mass is 396 g/mol. The van der Waals surface area contributed by atoms with Gasteiger partial charge in [0.25, 0.3) is 0 Å². The van der Waals surface area contributed by atoms with Crippen molar-refractivity contribution in [1.82, 2.24) is 4.90 Å². The van der Waals surface area contributed by atoms with E-state index in [1.807, 2.05) is 74.5 Å². The van der Waals surface area contributed by atoms with E-state index in [2.05, 4.69) is 0 Å². The number of carbonyl (C=O) groups excluding carboxylic acids is 2. The molecule has 1 heterocycles. The van der Waals surface area contributed by atoms with Crippen molar-refractivity contribution >= 4 is 12.0 Å². The average molecular weight is 396 g/mol. The first kappa shape index (κ1) is 20.5. The van der Waals surface area contributed by atoms with E-state index in [1.165, 1.54) is 6.92 Å². The second kappa shape index (κ2) is 8.03. The highest BCUT2D eigenvalue weighted by molar-refractivity contribution is 5.95. The number of nitro groups is 1. The SMILES string of the molecule is CC(C[N+](=O)[O-])C(=O)N1C(=O)OC(c2ccccc2)(c2ccccc2)C1C(C)C. The Morgan fingerprint density at radius 3 is 1.97 bits per heavy atom. The summed E-state index contributed by atoms with van der Waals surface area (Å²) >= 11 is 0. The van der Waals surface area contributed by atoms with E-state index < -0.39 is 41.0 Å². The number of benzene rings is 2. The standard InChI is InChI=1S/C22H24N2O5/c1-15(2)19-22(17-10-6-4-7-11-17,18-12-8-5-9-13-18)29-21(26)24(19)20(25)16(3)14-23(27)28/h4-13,15-16,19H,14H2,1-3H3. The summed E-state index contributed by atoms with van der Waals surface area (Å²) in [4.78, 5) is 37.5. The summed E-state index contributed by atoms with van der Waals surface area (Å²) in [5, 5.41) is 10.9. The van der Waals surface area contributed by atoms with Crippen LogP contribution in [-0.2, 0) is 15.1 Å². The van der Waals surface area contributed by atoms with Gasteiger partial charge in [-0.05, 0) is 12.8 Å². The number of nitrogens with zero attached hydrogens (tertiary/aromatic N) is 2. The lowest BCUT2D eigenvalue weighted by atomic mass is 9.75. The minimum atomic E-state index is -1.20. The van der Waals surface area contributed by atoms with E-state index in [0.29, 0.717) is 0 Å². The summed E-state index contributed by atoms with van der Waals surface area (Å²) in [6, 6.07) is 18.0. The molecule has 7 nitrogen and oxygen atoms in total. The quantitative estimate of drug-likeness (QED) is 0.546. The Kier molecular flexibility index (Phi) is 5.68. The third-order valence-corrected chi connectivity index (χ3v) is 5.26. The molecule has 2 aromatic rings. The molecule has 7 heteroatoms. The molecule has 0 aliphatic carbocycles. The van der Waals surface area contributed by atoms with Crippen LogP contribution in [-0.4, -0.2) is 34.4 Å². The fourth-order valence-electron chi connectivity index (χ4n) is 4.07. The lowest BCUT2D eigenvalue weighted by Crippen LogP contribution is -2.51. The molecule has 3 rings (SSSR count). The molecule has 1 saturated heterocycles. The molecule has 2 aromatic carbocycles. The maximum absolute atomic E-state index is 13.1. The van der Waals surface area contributed by atoms with Crippen molar-refractivity contribution in [2.45, 2.75) is 32.4 Å². The fourth-order valence-corrected chi connectivity index (χ4v) is 4.07. The van der Waals surface area contributed by atoms with Gasteiger partial charge in [0.05, 0.1) is 6.04 Å². The van der Waals surface area contributed by atoms with Crippen LogP contribution in [0, 0.1) is 22.0 Å². The van der Waals surface area contributed by atoms with Gasteiger partial charge in [0.1, 0.15) is 5.92 Å². The number of ether oxygens (including phenoxy) is 1. The normalized spacial score (nSPS) is 19.1. The van der Waals surface area contributed by atoms with Crippen LogP contribution in [0.2, 0.25) is 0 Å². The molecular weight excluding hydrogens is 372 g/mol. The zero-order valence-corrected chi connectivity index (χ0v) is 16.6. The molecule has 0 saturated carbocycles. The van der Waals surface area contributed by atoms with Crippen LogP contribution < -0.4 is 0 Å². The van der Waals surface area contributed by atoms with Gasteiger partial charge in [-0.1, -0.05) is 74.5 Å². The first-order chi connectivity index (χ1) is 13.8. The highest BCUT2D eigenvalue weighted by Crippen LogP contribution is 2.47.